The molecular formula is C36H36ClF3N6O9S. The number of amides is 3. The molecule has 0 radical (unpaired) electrons. The van der Waals surface area contributed by atoms with E-state index in [1.807, 2.05) is 0 Å². The van der Waals surface area contributed by atoms with Crippen LogP contribution in [-0.2, 0) is 34.8 Å². The highest BCUT2D eigenvalue weighted by molar-refractivity contribution is 7.81. The second-order valence-corrected chi connectivity index (χ2v) is 13.5. The fraction of sp³-hybridized carbons (Fsp3) is 0.417. The van der Waals surface area contributed by atoms with Crippen LogP contribution in [0.3, 0.4) is 0 Å². The molecule has 1 atom stereocenters. The van der Waals surface area contributed by atoms with Crippen molar-refractivity contribution in [3.63, 3.8) is 0 Å². The molecule has 2 aromatic carbocycles. The quantitative estimate of drug-likeness (QED) is 0.117. The molecule has 1 N–H and O–H groups in total. The van der Waals surface area contributed by atoms with E-state index < -0.39 is 52.2 Å². The molecule has 3 amide bonds. The number of halogens is 4. The van der Waals surface area contributed by atoms with E-state index in [0.29, 0.717) is 31.3 Å². The topological polar surface area (TPSA) is 175 Å². The van der Waals surface area contributed by atoms with E-state index in [0.717, 1.165) is 21.7 Å². The van der Waals surface area contributed by atoms with E-state index in [1.54, 1.807) is 43.0 Å². The van der Waals surface area contributed by atoms with Gasteiger partial charge in [0.2, 0.25) is 5.91 Å². The number of aromatic nitrogens is 2. The monoisotopic (exact) mass is 820 g/mol. The number of nitrogens with one attached hydrogen (secondary N) is 1. The van der Waals surface area contributed by atoms with Gasteiger partial charge in [0.15, 0.2) is 15.9 Å². The van der Waals surface area contributed by atoms with Crippen molar-refractivity contribution in [2.45, 2.75) is 44.4 Å². The van der Waals surface area contributed by atoms with Crippen molar-refractivity contribution >= 4 is 58.0 Å². The van der Waals surface area contributed by atoms with Gasteiger partial charge in [0, 0.05) is 12.1 Å². The lowest BCUT2D eigenvalue weighted by molar-refractivity contribution is -0.138. The molecule has 1 aromatic heterocycles. The summed E-state index contributed by atoms with van der Waals surface area (Å²) in [5.41, 5.74) is -3.23. The number of ether oxygens (including phenoxy) is 5. The number of hydrogen-bond acceptors (Lipinski definition) is 12. The Hall–Kier alpha value is -5.13. The Morgan fingerprint density at radius 2 is 1.52 bits per heavy atom. The molecule has 5 rings (SSSR count). The van der Waals surface area contributed by atoms with Gasteiger partial charge in [0.25, 0.3) is 17.4 Å². The number of imide groups is 1. The van der Waals surface area contributed by atoms with Crippen LogP contribution in [0.25, 0.3) is 0 Å². The second-order valence-electron chi connectivity index (χ2n) is 12.7. The van der Waals surface area contributed by atoms with Crippen molar-refractivity contribution in [2.75, 3.05) is 62.7 Å². The maximum Gasteiger partial charge on any atom is 0.417 e. The molecule has 2 fully saturated rings. The summed E-state index contributed by atoms with van der Waals surface area (Å²) in [5.74, 6) is -1.01. The van der Waals surface area contributed by atoms with Crippen LogP contribution >= 0.6 is 23.8 Å². The van der Waals surface area contributed by atoms with Gasteiger partial charge in [-0.3, -0.25) is 29.4 Å². The lowest BCUT2D eigenvalue weighted by Crippen LogP contribution is -2.45. The van der Waals surface area contributed by atoms with Crippen LogP contribution in [0.2, 0.25) is 5.02 Å². The summed E-state index contributed by atoms with van der Waals surface area (Å²) in [6.45, 7) is 5.14. The summed E-state index contributed by atoms with van der Waals surface area (Å²) < 4.78 is 69.5. The first-order valence-electron chi connectivity index (χ1n) is 17.1. The summed E-state index contributed by atoms with van der Waals surface area (Å²) in [6.07, 6.45) is -3.35. The molecule has 2 saturated heterocycles. The zero-order valence-electron chi connectivity index (χ0n) is 30.1. The highest BCUT2D eigenvalue weighted by Gasteiger charge is 2.50. The fourth-order valence-corrected chi connectivity index (χ4v) is 6.50. The Morgan fingerprint density at radius 3 is 2.11 bits per heavy atom. The number of piperidine rings is 1. The van der Waals surface area contributed by atoms with Gasteiger partial charge >= 0.3 is 6.18 Å². The third-order valence-electron chi connectivity index (χ3n) is 8.59. The Morgan fingerprint density at radius 1 is 0.929 bits per heavy atom. The average molecular weight is 821 g/mol. The van der Waals surface area contributed by atoms with E-state index >= 15 is 0 Å². The standard InChI is InChI=1S/C36H36ClF3N6O9S/c1-35(2)33(50)44(24-4-3-22(20-41)26(19-24)36(38,39)40)34(56)45(35)23-5-7-25(8-6-23)54-17-15-52-13-11-51-12-14-53-16-18-55-28-21-42-46(32(49)30(28)37)27-9-10-29(47)43-31(27)48/h3-8,19,21,27H,9-18H2,1-2H3,(H,43,47,48). The van der Waals surface area contributed by atoms with Crippen LogP contribution in [0.4, 0.5) is 24.5 Å². The maximum absolute atomic E-state index is 13.6. The van der Waals surface area contributed by atoms with Gasteiger partial charge in [-0.1, -0.05) is 11.6 Å². The number of nitriles is 1. The molecule has 1 unspecified atom stereocenters. The van der Waals surface area contributed by atoms with Crippen molar-refractivity contribution in [1.29, 1.82) is 5.26 Å². The van der Waals surface area contributed by atoms with Gasteiger partial charge < -0.3 is 28.6 Å². The third kappa shape index (κ3) is 9.62. The summed E-state index contributed by atoms with van der Waals surface area (Å²) in [7, 11) is 0. The van der Waals surface area contributed by atoms with Crippen LogP contribution in [0.5, 0.6) is 11.5 Å². The summed E-state index contributed by atoms with van der Waals surface area (Å²) in [6, 6.07) is 10.3. The number of nitrogens with zero attached hydrogens (tertiary/aromatic N) is 5. The maximum atomic E-state index is 13.6. The predicted octanol–water partition coefficient (Wildman–Crippen LogP) is 4.19. The zero-order valence-corrected chi connectivity index (χ0v) is 31.7. The van der Waals surface area contributed by atoms with Crippen molar-refractivity contribution in [3.8, 4) is 17.6 Å². The molecule has 0 saturated carbocycles. The zero-order chi connectivity index (χ0) is 40.6. The number of carbonyl (C=O) groups excluding carboxylic acids is 3. The number of hydrogen-bond donors (Lipinski definition) is 1. The molecule has 0 aliphatic carbocycles. The van der Waals surface area contributed by atoms with Crippen molar-refractivity contribution < 1.29 is 51.2 Å². The molecule has 2 aliphatic heterocycles. The van der Waals surface area contributed by atoms with Crippen molar-refractivity contribution in [1.82, 2.24) is 15.1 Å². The van der Waals surface area contributed by atoms with Gasteiger partial charge in [-0.2, -0.15) is 23.5 Å². The van der Waals surface area contributed by atoms with E-state index in [2.05, 4.69) is 10.4 Å². The summed E-state index contributed by atoms with van der Waals surface area (Å²) in [5, 5.41) is 15.0. The minimum atomic E-state index is -4.80. The SMILES string of the molecule is CC1(C)C(=O)N(c2ccc(C#N)c(C(F)(F)F)c2)C(=S)N1c1ccc(OCCOCCOCCOCCOc2cnn(C3CCC(=O)NC3=O)c(=O)c2Cl)cc1. The number of thiocarbonyl (C=S) groups is 1. The molecule has 0 bridgehead atoms. The number of anilines is 2. The molecule has 3 heterocycles. The highest BCUT2D eigenvalue weighted by Crippen LogP contribution is 2.40. The first-order valence-corrected chi connectivity index (χ1v) is 17.9. The Balaban J connectivity index is 0.961. The molecule has 56 heavy (non-hydrogen) atoms. The predicted molar refractivity (Wildman–Crippen MR) is 198 cm³/mol. The molecular weight excluding hydrogens is 785 g/mol. The molecule has 0 spiro atoms. The van der Waals surface area contributed by atoms with Crippen molar-refractivity contribution in [2.24, 2.45) is 0 Å². The van der Waals surface area contributed by atoms with Crippen LogP contribution < -0.4 is 30.1 Å². The Bertz CT molecular complexity index is 2060. The molecule has 15 nitrogen and oxygen atoms in total. The second kappa shape index (κ2) is 18.2. The molecule has 298 valence electrons. The minimum Gasteiger partial charge on any atom is -0.491 e. The van der Waals surface area contributed by atoms with Crippen LogP contribution in [0, 0.1) is 11.3 Å². The lowest BCUT2D eigenvalue weighted by Gasteiger charge is -2.29. The molecule has 3 aromatic rings. The van der Waals surface area contributed by atoms with Gasteiger partial charge in [-0.25, -0.2) is 4.68 Å². The van der Waals surface area contributed by atoms with Gasteiger partial charge in [-0.05, 0) is 75.0 Å². The van der Waals surface area contributed by atoms with E-state index in [4.69, 9.17) is 52.8 Å². The summed E-state index contributed by atoms with van der Waals surface area (Å²) >= 11 is 11.7. The van der Waals surface area contributed by atoms with E-state index in [-0.39, 0.29) is 67.4 Å². The number of alkyl halides is 3. The number of carbonyl (C=O) groups is 3. The van der Waals surface area contributed by atoms with Gasteiger partial charge in [0.05, 0.1) is 68.7 Å². The molecule has 20 heteroatoms. The van der Waals surface area contributed by atoms with Gasteiger partial charge in [-0.15, -0.1) is 0 Å². The Labute approximate surface area is 328 Å². The highest BCUT2D eigenvalue weighted by atomic mass is 35.5. The first-order chi connectivity index (χ1) is 26.6. The van der Waals surface area contributed by atoms with Crippen LogP contribution in [0.1, 0.15) is 43.9 Å². The average Bonchev–Trinajstić information content (AvgIpc) is 3.33. The van der Waals surface area contributed by atoms with Gasteiger partial charge in [0.1, 0.15) is 30.5 Å². The fourth-order valence-electron chi connectivity index (χ4n) is 5.79. The lowest BCUT2D eigenvalue weighted by atomic mass is 10.0. The van der Waals surface area contributed by atoms with E-state index in [9.17, 15) is 32.3 Å². The van der Waals surface area contributed by atoms with Crippen LogP contribution in [0.15, 0.2) is 53.5 Å². The normalized spacial score (nSPS) is 16.9. The first kappa shape index (κ1) is 42.0. The van der Waals surface area contributed by atoms with E-state index in [1.165, 1.54) is 18.3 Å². The smallest absolute Gasteiger partial charge is 0.417 e. The van der Waals surface area contributed by atoms with Crippen molar-refractivity contribution in [3.05, 3.63) is 75.2 Å². The minimum absolute atomic E-state index is 0.0160. The number of benzene rings is 2. The van der Waals surface area contributed by atoms with Crippen LogP contribution in [-0.4, -0.2) is 91.0 Å². The summed E-state index contributed by atoms with van der Waals surface area (Å²) in [4.78, 5) is 52.0. The largest absolute Gasteiger partial charge is 0.491 e. The molecule has 2 aliphatic rings. The third-order valence-corrected chi connectivity index (χ3v) is 9.31. The number of rotatable bonds is 17. The Kier molecular flexibility index (Phi) is 13.7.